The second kappa shape index (κ2) is 8.24. The SMILES string of the molecule is CC(C)c1ccc(N2CC(C(=O)NCCc3nc(N)cc(=O)[nH]3)CC2=O)cc1. The molecule has 2 aromatic rings. The first-order valence-corrected chi connectivity index (χ1v) is 9.37. The number of rotatable bonds is 6. The van der Waals surface area contributed by atoms with Gasteiger partial charge in [0.25, 0.3) is 5.56 Å². The number of aromatic amines is 1. The minimum absolute atomic E-state index is 0.0562. The van der Waals surface area contributed by atoms with Gasteiger partial charge in [-0.2, -0.15) is 0 Å². The van der Waals surface area contributed by atoms with Gasteiger partial charge in [-0.15, -0.1) is 0 Å². The number of anilines is 2. The molecule has 2 amide bonds. The number of aromatic nitrogens is 2. The summed E-state index contributed by atoms with van der Waals surface area (Å²) in [6.45, 7) is 4.90. The van der Waals surface area contributed by atoms with Gasteiger partial charge in [0, 0.05) is 37.7 Å². The Balaban J connectivity index is 1.55. The van der Waals surface area contributed by atoms with Crippen LogP contribution < -0.4 is 21.5 Å². The highest BCUT2D eigenvalue weighted by atomic mass is 16.2. The molecule has 0 spiro atoms. The van der Waals surface area contributed by atoms with Gasteiger partial charge >= 0.3 is 0 Å². The summed E-state index contributed by atoms with van der Waals surface area (Å²) < 4.78 is 0. The van der Waals surface area contributed by atoms with Crippen LogP contribution in [-0.4, -0.2) is 34.9 Å². The molecule has 148 valence electrons. The number of hydrogen-bond donors (Lipinski definition) is 3. The Kier molecular flexibility index (Phi) is 5.77. The van der Waals surface area contributed by atoms with Crippen molar-refractivity contribution >= 4 is 23.3 Å². The lowest BCUT2D eigenvalue weighted by Gasteiger charge is -2.17. The number of nitrogen functional groups attached to an aromatic ring is 1. The molecule has 8 heteroatoms. The number of carbonyl (C=O) groups excluding carboxylic acids is 2. The summed E-state index contributed by atoms with van der Waals surface area (Å²) in [5, 5.41) is 2.81. The third-order valence-corrected chi connectivity index (χ3v) is 4.84. The predicted octanol–water partition coefficient (Wildman–Crippen LogP) is 1.19. The minimum atomic E-state index is -0.398. The van der Waals surface area contributed by atoms with Gasteiger partial charge in [0.1, 0.15) is 11.6 Å². The molecule has 1 fully saturated rings. The highest BCUT2D eigenvalue weighted by molar-refractivity contribution is 6.00. The standard InChI is InChI=1S/C20H25N5O3/c1-12(2)13-3-5-15(6-4-13)25-11-14(9-19(25)27)20(28)22-8-7-17-23-16(21)10-18(26)24-17/h3-6,10,12,14H,7-9,11H2,1-2H3,(H,22,28)(H3,21,23,24,26). The minimum Gasteiger partial charge on any atom is -0.383 e. The Labute approximate surface area is 163 Å². The van der Waals surface area contributed by atoms with Crippen molar-refractivity contribution in [2.24, 2.45) is 5.92 Å². The third kappa shape index (κ3) is 4.57. The second-order valence-electron chi connectivity index (χ2n) is 7.31. The monoisotopic (exact) mass is 383 g/mol. The zero-order valence-corrected chi connectivity index (χ0v) is 16.1. The van der Waals surface area contributed by atoms with E-state index in [1.807, 2.05) is 24.3 Å². The molecule has 8 nitrogen and oxygen atoms in total. The van der Waals surface area contributed by atoms with Crippen molar-refractivity contribution in [1.82, 2.24) is 15.3 Å². The van der Waals surface area contributed by atoms with Crippen LogP contribution in [0.15, 0.2) is 35.1 Å². The number of nitrogens with one attached hydrogen (secondary N) is 2. The van der Waals surface area contributed by atoms with Crippen LogP contribution in [0.5, 0.6) is 0 Å². The third-order valence-electron chi connectivity index (χ3n) is 4.84. The Morgan fingerprint density at radius 2 is 2.04 bits per heavy atom. The molecule has 1 unspecified atom stereocenters. The van der Waals surface area contributed by atoms with Crippen LogP contribution in [-0.2, 0) is 16.0 Å². The first kappa shape index (κ1) is 19.6. The Morgan fingerprint density at radius 1 is 1.32 bits per heavy atom. The quantitative estimate of drug-likeness (QED) is 0.692. The van der Waals surface area contributed by atoms with Crippen molar-refractivity contribution in [3.05, 3.63) is 52.1 Å². The van der Waals surface area contributed by atoms with E-state index in [9.17, 15) is 14.4 Å². The molecule has 1 atom stereocenters. The van der Waals surface area contributed by atoms with Crippen LogP contribution in [0.1, 0.15) is 37.6 Å². The van der Waals surface area contributed by atoms with Crippen molar-refractivity contribution in [2.75, 3.05) is 23.7 Å². The van der Waals surface area contributed by atoms with Gasteiger partial charge in [-0.05, 0) is 23.6 Å². The number of hydrogen-bond acceptors (Lipinski definition) is 5. The molecule has 1 saturated heterocycles. The molecule has 3 rings (SSSR count). The molecule has 1 aromatic heterocycles. The molecule has 0 radical (unpaired) electrons. The zero-order valence-electron chi connectivity index (χ0n) is 16.1. The predicted molar refractivity (Wildman–Crippen MR) is 107 cm³/mol. The molecular weight excluding hydrogens is 358 g/mol. The number of amides is 2. The highest BCUT2D eigenvalue weighted by Gasteiger charge is 2.34. The Morgan fingerprint density at radius 3 is 2.68 bits per heavy atom. The van der Waals surface area contributed by atoms with E-state index in [4.69, 9.17) is 5.73 Å². The largest absolute Gasteiger partial charge is 0.383 e. The van der Waals surface area contributed by atoms with Crippen LogP contribution in [0.25, 0.3) is 0 Å². The number of H-pyrrole nitrogens is 1. The van der Waals surface area contributed by atoms with Crippen molar-refractivity contribution in [1.29, 1.82) is 0 Å². The van der Waals surface area contributed by atoms with Crippen LogP contribution >= 0.6 is 0 Å². The molecule has 0 bridgehead atoms. The van der Waals surface area contributed by atoms with Crippen molar-refractivity contribution in [3.63, 3.8) is 0 Å². The van der Waals surface area contributed by atoms with Crippen molar-refractivity contribution in [2.45, 2.75) is 32.6 Å². The maximum Gasteiger partial charge on any atom is 0.252 e. The van der Waals surface area contributed by atoms with E-state index >= 15 is 0 Å². The van der Waals surface area contributed by atoms with E-state index in [-0.39, 0.29) is 29.6 Å². The molecule has 28 heavy (non-hydrogen) atoms. The van der Waals surface area contributed by atoms with E-state index in [1.165, 1.54) is 11.6 Å². The molecule has 1 aliphatic heterocycles. The summed E-state index contributed by atoms with van der Waals surface area (Å²) in [7, 11) is 0. The smallest absolute Gasteiger partial charge is 0.252 e. The normalized spacial score (nSPS) is 16.6. The second-order valence-corrected chi connectivity index (χ2v) is 7.31. The van der Waals surface area contributed by atoms with Crippen LogP contribution in [0.4, 0.5) is 11.5 Å². The van der Waals surface area contributed by atoms with Gasteiger partial charge in [0.2, 0.25) is 11.8 Å². The van der Waals surface area contributed by atoms with Gasteiger partial charge in [-0.25, -0.2) is 4.98 Å². The summed E-state index contributed by atoms with van der Waals surface area (Å²) in [5.74, 6) is 0.349. The first-order valence-electron chi connectivity index (χ1n) is 9.37. The van der Waals surface area contributed by atoms with Gasteiger partial charge in [-0.1, -0.05) is 26.0 Å². The molecule has 0 saturated carbocycles. The van der Waals surface area contributed by atoms with E-state index in [1.54, 1.807) is 4.90 Å². The van der Waals surface area contributed by atoms with Crippen molar-refractivity contribution in [3.8, 4) is 0 Å². The molecule has 2 heterocycles. The Hall–Kier alpha value is -3.16. The van der Waals surface area contributed by atoms with Crippen LogP contribution in [0.2, 0.25) is 0 Å². The van der Waals surface area contributed by atoms with Gasteiger partial charge in [-0.3, -0.25) is 14.4 Å². The summed E-state index contributed by atoms with van der Waals surface area (Å²) in [5.41, 5.74) is 7.23. The molecule has 4 N–H and O–H groups in total. The maximum absolute atomic E-state index is 12.4. The molecule has 1 aliphatic rings. The van der Waals surface area contributed by atoms with E-state index in [0.29, 0.717) is 31.3 Å². The summed E-state index contributed by atoms with van der Waals surface area (Å²) in [4.78, 5) is 44.4. The average molecular weight is 383 g/mol. The van der Waals surface area contributed by atoms with Crippen LogP contribution in [0, 0.1) is 5.92 Å². The summed E-state index contributed by atoms with van der Waals surface area (Å²) in [6, 6.07) is 9.08. The average Bonchev–Trinajstić information content (AvgIpc) is 3.03. The number of nitrogens with two attached hydrogens (primary N) is 1. The van der Waals surface area contributed by atoms with Gasteiger partial charge in [0.15, 0.2) is 0 Å². The topological polar surface area (TPSA) is 121 Å². The highest BCUT2D eigenvalue weighted by Crippen LogP contribution is 2.26. The van der Waals surface area contributed by atoms with Crippen LogP contribution in [0.3, 0.4) is 0 Å². The lowest BCUT2D eigenvalue weighted by atomic mass is 10.0. The van der Waals surface area contributed by atoms with Gasteiger partial charge < -0.3 is 20.9 Å². The fraction of sp³-hybridized carbons (Fsp3) is 0.400. The number of benzene rings is 1. The number of nitrogens with zero attached hydrogens (tertiary/aromatic N) is 2. The zero-order chi connectivity index (χ0) is 20.3. The first-order chi connectivity index (χ1) is 13.3. The molecular formula is C20H25N5O3. The number of carbonyl (C=O) groups is 2. The summed E-state index contributed by atoms with van der Waals surface area (Å²) in [6.07, 6.45) is 0.540. The van der Waals surface area contributed by atoms with Crippen molar-refractivity contribution < 1.29 is 9.59 Å². The lowest BCUT2D eigenvalue weighted by molar-refractivity contribution is -0.126. The fourth-order valence-electron chi connectivity index (χ4n) is 3.27. The Bertz CT molecular complexity index is 920. The fourth-order valence-corrected chi connectivity index (χ4v) is 3.27. The maximum atomic E-state index is 12.4. The lowest BCUT2D eigenvalue weighted by Crippen LogP contribution is -2.34. The van der Waals surface area contributed by atoms with Gasteiger partial charge in [0.05, 0.1) is 5.92 Å². The summed E-state index contributed by atoms with van der Waals surface area (Å²) >= 11 is 0. The van der Waals surface area contributed by atoms with E-state index < -0.39 is 5.92 Å². The molecule has 1 aromatic carbocycles. The molecule has 0 aliphatic carbocycles. The van der Waals surface area contributed by atoms with E-state index in [2.05, 4.69) is 29.1 Å². The van der Waals surface area contributed by atoms with E-state index in [0.717, 1.165) is 5.69 Å².